The molecule has 120 valence electrons. The molecule has 0 saturated heterocycles. The molecule has 0 aliphatic heterocycles. The summed E-state index contributed by atoms with van der Waals surface area (Å²) in [5.74, 6) is 1.03. The largest absolute Gasteiger partial charge is 0.493 e. The van der Waals surface area contributed by atoms with Crippen LogP contribution >= 0.6 is 0 Å². The average molecular weight is 336 g/mol. The zero-order valence-electron chi connectivity index (χ0n) is 13.7. The van der Waals surface area contributed by atoms with Gasteiger partial charge in [0.1, 0.15) is 5.75 Å². The van der Waals surface area contributed by atoms with E-state index in [9.17, 15) is 4.21 Å². The van der Waals surface area contributed by atoms with Gasteiger partial charge < -0.3 is 10.5 Å². The highest BCUT2D eigenvalue weighted by molar-refractivity contribution is 7.96. The Hall–Kier alpha value is -0.810. The molecular formula is C15H20B4N2O2S. The normalized spacial score (nSPS) is 19.5. The van der Waals surface area contributed by atoms with Gasteiger partial charge in [-0.25, -0.2) is 8.99 Å². The van der Waals surface area contributed by atoms with Crippen LogP contribution in [0.15, 0.2) is 29.2 Å². The average Bonchev–Trinajstić information content (AvgIpc) is 2.53. The second-order valence-corrected chi connectivity index (χ2v) is 8.83. The summed E-state index contributed by atoms with van der Waals surface area (Å²) in [6.45, 7) is 0.591. The molecule has 0 heterocycles. The van der Waals surface area contributed by atoms with Gasteiger partial charge in [0.2, 0.25) is 0 Å². The lowest BCUT2D eigenvalue weighted by atomic mass is 9.43. The summed E-state index contributed by atoms with van der Waals surface area (Å²) in [6, 6.07) is 6.32. The van der Waals surface area contributed by atoms with Crippen LogP contribution in [0.4, 0.5) is 0 Å². The molecule has 0 amide bonds. The molecule has 4 nitrogen and oxygen atoms in total. The van der Waals surface area contributed by atoms with E-state index in [1.165, 1.54) is 31.4 Å². The Labute approximate surface area is 150 Å². The van der Waals surface area contributed by atoms with E-state index in [1.54, 1.807) is 12.1 Å². The first-order valence-corrected chi connectivity index (χ1v) is 9.57. The van der Waals surface area contributed by atoms with Gasteiger partial charge in [0.05, 0.1) is 47.7 Å². The molecule has 1 fully saturated rings. The Morgan fingerprint density at radius 2 is 1.83 bits per heavy atom. The molecule has 2 rings (SSSR count). The van der Waals surface area contributed by atoms with Gasteiger partial charge in [0, 0.05) is 4.90 Å². The quantitative estimate of drug-likeness (QED) is 0.761. The molecule has 24 heavy (non-hydrogen) atoms. The van der Waals surface area contributed by atoms with Gasteiger partial charge in [-0.1, -0.05) is 30.7 Å². The molecule has 1 saturated carbocycles. The van der Waals surface area contributed by atoms with E-state index in [1.807, 2.05) is 0 Å². The number of nitrogens with two attached hydrogens (primary N) is 1. The fraction of sp³-hybridized carbons (Fsp3) is 0.600. The smallest absolute Gasteiger partial charge is 0.120 e. The summed E-state index contributed by atoms with van der Waals surface area (Å²) < 4.78 is 24.5. The minimum absolute atomic E-state index is 0.0827. The Balaban J connectivity index is 2.17. The maximum atomic E-state index is 12.8. The summed E-state index contributed by atoms with van der Waals surface area (Å²) in [5, 5.41) is -2.18. The van der Waals surface area contributed by atoms with Gasteiger partial charge in [-0.3, -0.25) is 0 Å². The summed E-state index contributed by atoms with van der Waals surface area (Å²) in [7, 11) is 18.7. The third-order valence-corrected chi connectivity index (χ3v) is 6.72. The molecule has 1 aromatic rings. The Morgan fingerprint density at radius 1 is 1.21 bits per heavy atom. The first-order valence-electron chi connectivity index (χ1n) is 8.01. The van der Waals surface area contributed by atoms with Crippen molar-refractivity contribution in [3.8, 4) is 5.75 Å². The van der Waals surface area contributed by atoms with Crippen molar-refractivity contribution in [2.75, 3.05) is 6.61 Å². The van der Waals surface area contributed by atoms with Crippen molar-refractivity contribution >= 4 is 41.1 Å². The van der Waals surface area contributed by atoms with E-state index < -0.39 is 19.6 Å². The predicted molar refractivity (Wildman–Crippen MR) is 100 cm³/mol. The van der Waals surface area contributed by atoms with E-state index in [4.69, 9.17) is 46.6 Å². The highest BCUT2D eigenvalue weighted by Crippen LogP contribution is 2.30. The van der Waals surface area contributed by atoms with Crippen LogP contribution in [0, 0.1) is 10.7 Å². The van der Waals surface area contributed by atoms with Gasteiger partial charge in [0.25, 0.3) is 0 Å². The number of ether oxygens (including phenoxy) is 1. The number of nitrogens with one attached hydrogen (secondary N) is 1. The van der Waals surface area contributed by atoms with Crippen molar-refractivity contribution in [2.24, 2.45) is 11.7 Å². The molecule has 8 radical (unpaired) electrons. The number of rotatable bonds is 6. The lowest BCUT2D eigenvalue weighted by Crippen LogP contribution is -2.66. The first-order chi connectivity index (χ1) is 11.1. The van der Waals surface area contributed by atoms with Crippen LogP contribution in [0.3, 0.4) is 0 Å². The van der Waals surface area contributed by atoms with Crippen molar-refractivity contribution in [3.05, 3.63) is 24.3 Å². The number of hydrogen-bond donors (Lipinski definition) is 2. The van der Waals surface area contributed by atoms with Crippen LogP contribution in [-0.2, 0) is 9.73 Å². The van der Waals surface area contributed by atoms with Crippen LogP contribution in [0.25, 0.3) is 0 Å². The van der Waals surface area contributed by atoms with Crippen LogP contribution in [0.5, 0.6) is 5.75 Å². The molecule has 1 unspecified atom stereocenters. The summed E-state index contributed by atoms with van der Waals surface area (Å²) >= 11 is 0. The lowest BCUT2D eigenvalue weighted by Gasteiger charge is -2.42. The summed E-state index contributed by atoms with van der Waals surface area (Å²) in [6.07, 6.45) is 6.03. The predicted octanol–water partition coefficient (Wildman–Crippen LogP) is 0.992. The van der Waals surface area contributed by atoms with Crippen LogP contribution in [0.2, 0.25) is 0 Å². The maximum absolute atomic E-state index is 12.8. The van der Waals surface area contributed by atoms with Crippen molar-refractivity contribution in [2.45, 2.75) is 46.9 Å². The van der Waals surface area contributed by atoms with Gasteiger partial charge in [-0.2, -0.15) is 0 Å². The molecule has 3 N–H and O–H groups in total. The maximum Gasteiger partial charge on any atom is 0.120 e. The fourth-order valence-corrected chi connectivity index (χ4v) is 4.19. The lowest BCUT2D eigenvalue weighted by molar-refractivity contribution is 0.208. The van der Waals surface area contributed by atoms with E-state index in [2.05, 4.69) is 0 Å². The molecule has 9 heteroatoms. The Kier molecular flexibility index (Phi) is 5.86. The molecule has 0 bridgehead atoms. The van der Waals surface area contributed by atoms with E-state index in [-0.39, 0.29) is 4.90 Å². The fourth-order valence-electron chi connectivity index (χ4n) is 2.75. The second kappa shape index (κ2) is 7.20. The minimum Gasteiger partial charge on any atom is -0.493 e. The van der Waals surface area contributed by atoms with Crippen molar-refractivity contribution in [3.63, 3.8) is 0 Å². The molecule has 1 aliphatic carbocycles. The zero-order chi connectivity index (χ0) is 18.0. The highest BCUT2D eigenvalue weighted by atomic mass is 32.2. The van der Waals surface area contributed by atoms with Crippen molar-refractivity contribution in [1.82, 2.24) is 0 Å². The van der Waals surface area contributed by atoms with Crippen molar-refractivity contribution in [1.29, 1.82) is 4.78 Å². The van der Waals surface area contributed by atoms with Crippen LogP contribution in [-0.4, -0.2) is 52.1 Å². The summed E-state index contributed by atoms with van der Waals surface area (Å²) in [5.41, 5.74) is 5.51. The topological polar surface area (TPSA) is 76.2 Å². The van der Waals surface area contributed by atoms with Crippen molar-refractivity contribution < 1.29 is 8.95 Å². The van der Waals surface area contributed by atoms with Crippen LogP contribution in [0.1, 0.15) is 32.1 Å². The first kappa shape index (κ1) is 19.5. The van der Waals surface area contributed by atoms with Crippen LogP contribution < -0.4 is 10.5 Å². The van der Waals surface area contributed by atoms with E-state index in [0.29, 0.717) is 18.3 Å². The molecule has 0 spiro atoms. The number of benzene rings is 1. The molecule has 1 atom stereocenters. The SMILES string of the molecule is [B]C([B])(N)C([B])([B])S(=N)(=O)c1cccc(OCC2CCCCC2)c1. The van der Waals surface area contributed by atoms with Gasteiger partial charge in [0.15, 0.2) is 0 Å². The molecule has 0 aromatic heterocycles. The number of hydrogen-bond acceptors (Lipinski definition) is 4. The van der Waals surface area contributed by atoms with Gasteiger partial charge >= 0.3 is 0 Å². The summed E-state index contributed by atoms with van der Waals surface area (Å²) in [4.78, 5) is 0.0827. The Bertz CT molecular complexity index is 668. The third-order valence-electron chi connectivity index (χ3n) is 4.50. The second-order valence-electron chi connectivity index (χ2n) is 6.57. The third kappa shape index (κ3) is 4.05. The van der Waals surface area contributed by atoms with Gasteiger partial charge in [-0.15, -0.1) is 0 Å². The standard InChI is InChI=1S/C15H20B4N2O2S/c16-14(17,20)15(18,19)24(21,22)13-8-4-7-12(9-13)23-10-11-5-2-1-3-6-11/h4,7-9,11,21H,1-3,5-6,10,20H2. The van der Waals surface area contributed by atoms with E-state index >= 15 is 0 Å². The van der Waals surface area contributed by atoms with Gasteiger partial charge in [-0.05, 0) is 41.5 Å². The minimum atomic E-state index is -3.76. The van der Waals surface area contributed by atoms with E-state index in [0.717, 1.165) is 12.8 Å². The monoisotopic (exact) mass is 336 g/mol. The Morgan fingerprint density at radius 3 is 2.42 bits per heavy atom. The highest BCUT2D eigenvalue weighted by Gasteiger charge is 2.41. The molecule has 1 aliphatic rings. The molecular weight excluding hydrogens is 315 g/mol. The zero-order valence-corrected chi connectivity index (χ0v) is 14.6. The molecule has 1 aromatic carbocycles.